The average Bonchev–Trinajstić information content (AvgIpc) is 3.27. The summed E-state index contributed by atoms with van der Waals surface area (Å²) < 4.78 is 17.1. The molecule has 2 N–H and O–H groups in total. The van der Waals surface area contributed by atoms with Gasteiger partial charge in [-0.05, 0) is 32.0 Å². The van der Waals surface area contributed by atoms with E-state index in [1.165, 1.54) is 0 Å². The Hall–Kier alpha value is -1.10. The molecule has 1 aromatic rings. The minimum atomic E-state index is 0. The molecular formula is C22H39IN4O3. The summed E-state index contributed by atoms with van der Waals surface area (Å²) in [6.45, 7) is 11.8. The van der Waals surface area contributed by atoms with E-state index in [4.69, 9.17) is 14.2 Å². The first kappa shape index (κ1) is 26.9. The van der Waals surface area contributed by atoms with Crippen molar-refractivity contribution in [1.29, 1.82) is 0 Å². The predicted octanol–water partition coefficient (Wildman–Crippen LogP) is 2.89. The highest BCUT2D eigenvalue weighted by atomic mass is 127. The summed E-state index contributed by atoms with van der Waals surface area (Å²) in [7, 11) is 1.79. The molecule has 7 nitrogen and oxygen atoms in total. The van der Waals surface area contributed by atoms with Gasteiger partial charge in [-0.15, -0.1) is 24.0 Å². The van der Waals surface area contributed by atoms with E-state index in [1.807, 2.05) is 18.2 Å². The summed E-state index contributed by atoms with van der Waals surface area (Å²) in [4.78, 5) is 6.66. The fraction of sp³-hybridized carbons (Fsp3) is 0.682. The third-order valence-corrected chi connectivity index (χ3v) is 5.06. The molecule has 30 heavy (non-hydrogen) atoms. The Kier molecular flexibility index (Phi) is 14.9. The first-order chi connectivity index (χ1) is 14.3. The summed E-state index contributed by atoms with van der Waals surface area (Å²) in [5, 5.41) is 6.71. The molecule has 1 unspecified atom stereocenters. The molecule has 0 saturated carbocycles. The van der Waals surface area contributed by atoms with Crippen LogP contribution in [-0.2, 0) is 16.0 Å². The molecule has 1 fully saturated rings. The normalized spacial score (nSPS) is 16.4. The highest BCUT2D eigenvalue weighted by Gasteiger charge is 2.15. The van der Waals surface area contributed by atoms with Crippen LogP contribution in [0.25, 0.3) is 0 Å². The minimum absolute atomic E-state index is 0. The molecule has 2 rings (SSSR count). The number of benzene rings is 1. The second-order valence-corrected chi connectivity index (χ2v) is 7.05. The fourth-order valence-corrected chi connectivity index (χ4v) is 3.19. The maximum Gasteiger partial charge on any atom is 0.191 e. The van der Waals surface area contributed by atoms with Crippen LogP contribution < -0.4 is 15.4 Å². The maximum atomic E-state index is 6.03. The number of nitrogens with one attached hydrogen (secondary N) is 2. The lowest BCUT2D eigenvalue weighted by atomic mass is 10.2. The Morgan fingerprint density at radius 1 is 1.20 bits per heavy atom. The van der Waals surface area contributed by atoms with Gasteiger partial charge in [0.1, 0.15) is 12.4 Å². The zero-order valence-electron chi connectivity index (χ0n) is 18.7. The van der Waals surface area contributed by atoms with Gasteiger partial charge in [0.25, 0.3) is 0 Å². The van der Waals surface area contributed by atoms with Crippen LogP contribution in [0.2, 0.25) is 0 Å². The molecule has 0 aromatic heterocycles. The highest BCUT2D eigenvalue weighted by Crippen LogP contribution is 2.17. The van der Waals surface area contributed by atoms with Gasteiger partial charge in [0.2, 0.25) is 0 Å². The van der Waals surface area contributed by atoms with E-state index >= 15 is 0 Å². The fourth-order valence-electron chi connectivity index (χ4n) is 3.19. The second-order valence-electron chi connectivity index (χ2n) is 7.05. The van der Waals surface area contributed by atoms with Gasteiger partial charge in [-0.2, -0.15) is 0 Å². The number of aliphatic imine (C=N–C) groups is 1. The third-order valence-electron chi connectivity index (χ3n) is 5.06. The maximum absolute atomic E-state index is 6.03. The minimum Gasteiger partial charge on any atom is -0.492 e. The smallest absolute Gasteiger partial charge is 0.191 e. The topological polar surface area (TPSA) is 67.4 Å². The summed E-state index contributed by atoms with van der Waals surface area (Å²) in [6.07, 6.45) is 2.21. The lowest BCUT2D eigenvalue weighted by Gasteiger charge is -2.19. The van der Waals surface area contributed by atoms with Crippen LogP contribution in [0.1, 0.15) is 32.3 Å². The quantitative estimate of drug-likeness (QED) is 0.176. The molecule has 0 spiro atoms. The Bertz CT molecular complexity index is 594. The lowest BCUT2D eigenvalue weighted by molar-refractivity contribution is 0.0420. The first-order valence-corrected chi connectivity index (χ1v) is 10.8. The molecule has 1 aliphatic rings. The Morgan fingerprint density at radius 2 is 2.00 bits per heavy atom. The average molecular weight is 534 g/mol. The van der Waals surface area contributed by atoms with E-state index in [0.29, 0.717) is 13.2 Å². The van der Waals surface area contributed by atoms with Gasteiger partial charge < -0.3 is 29.7 Å². The molecule has 0 aliphatic carbocycles. The van der Waals surface area contributed by atoms with Crippen molar-refractivity contribution < 1.29 is 14.2 Å². The number of para-hydroxylation sites is 1. The van der Waals surface area contributed by atoms with E-state index in [1.54, 1.807) is 7.05 Å². The number of guanidine groups is 1. The van der Waals surface area contributed by atoms with Crippen molar-refractivity contribution in [3.05, 3.63) is 29.8 Å². The van der Waals surface area contributed by atoms with Gasteiger partial charge in [-0.3, -0.25) is 4.99 Å². The summed E-state index contributed by atoms with van der Waals surface area (Å²) in [5.74, 6) is 1.71. The summed E-state index contributed by atoms with van der Waals surface area (Å²) in [5.41, 5.74) is 1.12. The van der Waals surface area contributed by atoms with Crippen LogP contribution in [0.4, 0.5) is 0 Å². The zero-order chi connectivity index (χ0) is 20.7. The van der Waals surface area contributed by atoms with Crippen molar-refractivity contribution in [1.82, 2.24) is 15.5 Å². The summed E-state index contributed by atoms with van der Waals surface area (Å²) in [6, 6.07) is 8.16. The second kappa shape index (κ2) is 16.6. The van der Waals surface area contributed by atoms with Crippen molar-refractivity contribution in [2.24, 2.45) is 4.99 Å². The van der Waals surface area contributed by atoms with Gasteiger partial charge in [0.05, 0.1) is 12.7 Å². The van der Waals surface area contributed by atoms with Crippen LogP contribution in [0.15, 0.2) is 29.3 Å². The Labute approximate surface area is 199 Å². The van der Waals surface area contributed by atoms with E-state index in [2.05, 4.69) is 40.4 Å². The van der Waals surface area contributed by atoms with Crippen LogP contribution >= 0.6 is 24.0 Å². The molecule has 1 aliphatic heterocycles. The molecular weight excluding hydrogens is 495 g/mol. The van der Waals surface area contributed by atoms with E-state index in [0.717, 1.165) is 76.1 Å². The number of nitrogens with zero attached hydrogens (tertiary/aromatic N) is 2. The van der Waals surface area contributed by atoms with Gasteiger partial charge in [-0.25, -0.2) is 0 Å². The van der Waals surface area contributed by atoms with Crippen molar-refractivity contribution in [3.8, 4) is 5.75 Å². The standard InChI is InChI=1S/C22H38N4O3.HI/c1-4-26(5-2)13-16-29-21-10-7-6-9-19(21)17-25-22(23-3)24-12-8-14-28-20-11-15-27-18-20;/h6-7,9-10,20H,4-5,8,11-18H2,1-3H3,(H2,23,24,25);1H. The lowest BCUT2D eigenvalue weighted by Crippen LogP contribution is -2.37. The number of likely N-dealkylation sites (N-methyl/N-ethyl adjacent to an activating group) is 1. The first-order valence-electron chi connectivity index (χ1n) is 10.8. The molecule has 0 radical (unpaired) electrons. The number of rotatable bonds is 13. The Morgan fingerprint density at radius 3 is 2.70 bits per heavy atom. The number of halogens is 1. The van der Waals surface area contributed by atoms with Crippen LogP contribution in [0, 0.1) is 0 Å². The van der Waals surface area contributed by atoms with Crippen LogP contribution in [-0.4, -0.2) is 76.6 Å². The molecule has 1 aromatic carbocycles. The van der Waals surface area contributed by atoms with E-state index < -0.39 is 0 Å². The van der Waals surface area contributed by atoms with Gasteiger partial charge in [-0.1, -0.05) is 32.0 Å². The van der Waals surface area contributed by atoms with Crippen molar-refractivity contribution in [3.63, 3.8) is 0 Å². The molecule has 172 valence electrons. The SMILES string of the molecule is CCN(CC)CCOc1ccccc1CNC(=NC)NCCCOC1CCOC1.I. The van der Waals surface area contributed by atoms with Crippen molar-refractivity contribution >= 4 is 29.9 Å². The molecule has 0 amide bonds. The summed E-state index contributed by atoms with van der Waals surface area (Å²) >= 11 is 0. The van der Waals surface area contributed by atoms with Gasteiger partial charge in [0.15, 0.2) is 5.96 Å². The van der Waals surface area contributed by atoms with Crippen molar-refractivity contribution in [2.75, 3.05) is 59.7 Å². The number of hydrogen-bond acceptors (Lipinski definition) is 5. The molecule has 1 saturated heterocycles. The van der Waals surface area contributed by atoms with Crippen LogP contribution in [0.3, 0.4) is 0 Å². The highest BCUT2D eigenvalue weighted by molar-refractivity contribution is 14.0. The monoisotopic (exact) mass is 534 g/mol. The van der Waals surface area contributed by atoms with E-state index in [-0.39, 0.29) is 30.1 Å². The largest absolute Gasteiger partial charge is 0.492 e. The van der Waals surface area contributed by atoms with Gasteiger partial charge >= 0.3 is 0 Å². The molecule has 1 atom stereocenters. The third kappa shape index (κ3) is 10.3. The number of ether oxygens (including phenoxy) is 3. The predicted molar refractivity (Wildman–Crippen MR) is 133 cm³/mol. The molecule has 0 bridgehead atoms. The number of hydrogen-bond donors (Lipinski definition) is 2. The van der Waals surface area contributed by atoms with Crippen molar-refractivity contribution in [2.45, 2.75) is 39.3 Å². The Balaban J connectivity index is 0.00000450. The van der Waals surface area contributed by atoms with Gasteiger partial charge in [0, 0.05) is 45.5 Å². The van der Waals surface area contributed by atoms with E-state index in [9.17, 15) is 0 Å². The zero-order valence-corrected chi connectivity index (χ0v) is 21.0. The molecule has 1 heterocycles. The molecule has 8 heteroatoms. The van der Waals surface area contributed by atoms with Crippen LogP contribution in [0.5, 0.6) is 5.75 Å².